The number of carbonyl (C=O) groups excluding carboxylic acids is 2. The molecule has 1 heterocycles. The van der Waals surface area contributed by atoms with E-state index < -0.39 is 0 Å². The number of benzene rings is 2. The number of ether oxygens (including phenoxy) is 1. The van der Waals surface area contributed by atoms with Gasteiger partial charge in [-0.05, 0) is 24.1 Å². The lowest BCUT2D eigenvalue weighted by Crippen LogP contribution is -2.42. The molecule has 0 aliphatic carbocycles. The molecule has 0 bridgehead atoms. The van der Waals surface area contributed by atoms with Crippen LogP contribution in [0.3, 0.4) is 0 Å². The fraction of sp³-hybridized carbons (Fsp3) is 0.333. The third-order valence-electron chi connectivity index (χ3n) is 4.53. The molecule has 2 aromatic rings. The summed E-state index contributed by atoms with van der Waals surface area (Å²) in [6.45, 7) is 2.85. The first-order chi connectivity index (χ1) is 13.2. The maximum Gasteiger partial charge on any atom is 0.317 e. The number of urea groups is 1. The van der Waals surface area contributed by atoms with E-state index in [0.29, 0.717) is 38.5 Å². The van der Waals surface area contributed by atoms with Gasteiger partial charge in [-0.1, -0.05) is 48.5 Å². The van der Waals surface area contributed by atoms with Crippen molar-refractivity contribution in [3.8, 4) is 5.75 Å². The van der Waals surface area contributed by atoms with Gasteiger partial charge in [0.05, 0.1) is 0 Å². The van der Waals surface area contributed by atoms with Crippen molar-refractivity contribution in [3.05, 3.63) is 66.2 Å². The van der Waals surface area contributed by atoms with E-state index in [1.54, 1.807) is 9.80 Å². The van der Waals surface area contributed by atoms with Crippen molar-refractivity contribution < 1.29 is 14.3 Å². The maximum absolute atomic E-state index is 12.4. The van der Waals surface area contributed by atoms with E-state index in [1.807, 2.05) is 60.7 Å². The van der Waals surface area contributed by atoms with Gasteiger partial charge in [0.1, 0.15) is 5.75 Å². The molecule has 6 nitrogen and oxygen atoms in total. The molecule has 3 rings (SSSR count). The number of hydrogen-bond acceptors (Lipinski definition) is 3. The van der Waals surface area contributed by atoms with Gasteiger partial charge in [0.15, 0.2) is 6.61 Å². The molecule has 6 heteroatoms. The van der Waals surface area contributed by atoms with Crippen molar-refractivity contribution in [3.63, 3.8) is 0 Å². The lowest BCUT2D eigenvalue weighted by molar-refractivity contribution is -0.133. The molecule has 2 aromatic carbocycles. The number of nitrogens with one attached hydrogen (secondary N) is 1. The van der Waals surface area contributed by atoms with Gasteiger partial charge in [0.2, 0.25) is 0 Å². The van der Waals surface area contributed by atoms with Crippen LogP contribution in [0.5, 0.6) is 5.75 Å². The van der Waals surface area contributed by atoms with E-state index in [2.05, 4.69) is 5.32 Å². The molecule has 1 aliphatic rings. The summed E-state index contributed by atoms with van der Waals surface area (Å²) in [6.07, 6.45) is 0.760. The van der Waals surface area contributed by atoms with E-state index in [-0.39, 0.29) is 18.5 Å². The predicted molar refractivity (Wildman–Crippen MR) is 103 cm³/mol. The third kappa shape index (κ3) is 5.74. The second kappa shape index (κ2) is 9.62. The van der Waals surface area contributed by atoms with E-state index in [4.69, 9.17) is 4.74 Å². The Hall–Kier alpha value is -3.02. The van der Waals surface area contributed by atoms with Crippen LogP contribution in [-0.4, -0.2) is 54.5 Å². The first-order valence-electron chi connectivity index (χ1n) is 9.25. The van der Waals surface area contributed by atoms with Crippen molar-refractivity contribution >= 4 is 11.9 Å². The van der Waals surface area contributed by atoms with Crippen LogP contribution in [0, 0.1) is 0 Å². The Morgan fingerprint density at radius 2 is 1.48 bits per heavy atom. The van der Waals surface area contributed by atoms with Crippen LogP contribution >= 0.6 is 0 Å². The largest absolute Gasteiger partial charge is 0.484 e. The molecule has 0 radical (unpaired) electrons. The van der Waals surface area contributed by atoms with Crippen LogP contribution < -0.4 is 10.1 Å². The van der Waals surface area contributed by atoms with Crippen molar-refractivity contribution in [2.75, 3.05) is 32.8 Å². The Kier molecular flexibility index (Phi) is 6.68. The molecule has 3 amide bonds. The summed E-state index contributed by atoms with van der Waals surface area (Å²) in [6, 6.07) is 19.0. The van der Waals surface area contributed by atoms with E-state index in [0.717, 1.165) is 12.0 Å². The molecule has 1 aliphatic heterocycles. The lowest BCUT2D eigenvalue weighted by Gasteiger charge is -2.22. The van der Waals surface area contributed by atoms with Gasteiger partial charge < -0.3 is 19.9 Å². The molecule has 1 fully saturated rings. The van der Waals surface area contributed by atoms with E-state index >= 15 is 0 Å². The minimum atomic E-state index is -0.0892. The standard InChI is InChI=1S/C21H25N3O3/c25-20(17-27-19-10-5-2-6-11-19)23-12-7-13-24(15-14-23)21(26)22-16-18-8-3-1-4-9-18/h1-6,8-11H,7,12-17H2,(H,22,26). The Morgan fingerprint density at radius 3 is 2.22 bits per heavy atom. The van der Waals surface area contributed by atoms with E-state index in [1.165, 1.54) is 0 Å². The maximum atomic E-state index is 12.4. The van der Waals surface area contributed by atoms with Gasteiger partial charge in [0, 0.05) is 32.7 Å². The van der Waals surface area contributed by atoms with Crippen LogP contribution in [0.25, 0.3) is 0 Å². The van der Waals surface area contributed by atoms with Gasteiger partial charge in [-0.15, -0.1) is 0 Å². The van der Waals surface area contributed by atoms with Gasteiger partial charge >= 0.3 is 6.03 Å². The van der Waals surface area contributed by atoms with Crippen molar-refractivity contribution in [1.82, 2.24) is 15.1 Å². The van der Waals surface area contributed by atoms with Gasteiger partial charge in [-0.2, -0.15) is 0 Å². The number of amides is 3. The van der Waals surface area contributed by atoms with Crippen molar-refractivity contribution in [1.29, 1.82) is 0 Å². The number of rotatable bonds is 5. The van der Waals surface area contributed by atoms with Gasteiger partial charge in [0.25, 0.3) is 5.91 Å². The summed E-state index contributed by atoms with van der Waals surface area (Å²) in [5.74, 6) is 0.632. The molecular formula is C21H25N3O3. The highest BCUT2D eigenvalue weighted by atomic mass is 16.5. The SMILES string of the molecule is O=C(COc1ccccc1)N1CCCN(C(=O)NCc2ccccc2)CC1. The molecule has 0 spiro atoms. The van der Waals surface area contributed by atoms with Crippen LogP contribution in [0.1, 0.15) is 12.0 Å². The van der Waals surface area contributed by atoms with E-state index in [9.17, 15) is 9.59 Å². The first-order valence-corrected chi connectivity index (χ1v) is 9.25. The zero-order chi connectivity index (χ0) is 18.9. The third-order valence-corrected chi connectivity index (χ3v) is 4.53. The minimum absolute atomic E-state index is 0.0181. The van der Waals surface area contributed by atoms with Crippen molar-refractivity contribution in [2.45, 2.75) is 13.0 Å². The number of carbonyl (C=O) groups is 2. The number of para-hydroxylation sites is 1. The Balaban J connectivity index is 1.43. The summed E-state index contributed by atoms with van der Waals surface area (Å²) < 4.78 is 5.54. The second-order valence-corrected chi connectivity index (χ2v) is 6.47. The molecule has 0 unspecified atom stereocenters. The lowest BCUT2D eigenvalue weighted by atomic mass is 10.2. The fourth-order valence-electron chi connectivity index (χ4n) is 3.01. The molecule has 1 saturated heterocycles. The summed E-state index contributed by atoms with van der Waals surface area (Å²) in [7, 11) is 0. The summed E-state index contributed by atoms with van der Waals surface area (Å²) in [4.78, 5) is 28.3. The first kappa shape index (κ1) is 18.8. The highest BCUT2D eigenvalue weighted by Crippen LogP contribution is 2.10. The van der Waals surface area contributed by atoms with Crippen LogP contribution in [0.15, 0.2) is 60.7 Å². The molecular weight excluding hydrogens is 342 g/mol. The summed E-state index contributed by atoms with van der Waals surface area (Å²) >= 11 is 0. The fourth-order valence-corrected chi connectivity index (χ4v) is 3.01. The number of hydrogen-bond donors (Lipinski definition) is 1. The van der Waals surface area contributed by atoms with Crippen LogP contribution in [0.4, 0.5) is 4.79 Å². The zero-order valence-electron chi connectivity index (χ0n) is 15.3. The Labute approximate surface area is 159 Å². The zero-order valence-corrected chi connectivity index (χ0v) is 15.3. The average Bonchev–Trinajstić information content (AvgIpc) is 2.98. The van der Waals surface area contributed by atoms with Gasteiger partial charge in [-0.25, -0.2) is 4.79 Å². The minimum Gasteiger partial charge on any atom is -0.484 e. The average molecular weight is 367 g/mol. The summed E-state index contributed by atoms with van der Waals surface area (Å²) in [5.41, 5.74) is 1.07. The van der Waals surface area contributed by atoms with Crippen LogP contribution in [-0.2, 0) is 11.3 Å². The second-order valence-electron chi connectivity index (χ2n) is 6.47. The molecule has 27 heavy (non-hydrogen) atoms. The molecule has 142 valence electrons. The predicted octanol–water partition coefficient (Wildman–Crippen LogP) is 2.51. The quantitative estimate of drug-likeness (QED) is 0.883. The van der Waals surface area contributed by atoms with Crippen LogP contribution in [0.2, 0.25) is 0 Å². The monoisotopic (exact) mass is 367 g/mol. The normalized spacial score (nSPS) is 14.4. The molecule has 0 atom stereocenters. The highest BCUT2D eigenvalue weighted by Gasteiger charge is 2.22. The Bertz CT molecular complexity index is 673. The summed E-state index contributed by atoms with van der Waals surface area (Å²) in [5, 5.41) is 2.95. The molecule has 0 saturated carbocycles. The topological polar surface area (TPSA) is 61.9 Å². The highest BCUT2D eigenvalue weighted by molar-refractivity contribution is 5.78. The number of nitrogens with zero attached hydrogens (tertiary/aromatic N) is 2. The van der Waals surface area contributed by atoms with Gasteiger partial charge in [-0.3, -0.25) is 4.79 Å². The molecule has 0 aromatic heterocycles. The van der Waals surface area contributed by atoms with Crippen molar-refractivity contribution in [2.24, 2.45) is 0 Å². The smallest absolute Gasteiger partial charge is 0.317 e. The molecule has 1 N–H and O–H groups in total. The Morgan fingerprint density at radius 1 is 0.852 bits per heavy atom.